The van der Waals surface area contributed by atoms with E-state index in [4.69, 9.17) is 26.8 Å². The predicted molar refractivity (Wildman–Crippen MR) is 153 cm³/mol. The number of aromatic nitrogens is 1. The summed E-state index contributed by atoms with van der Waals surface area (Å²) in [6, 6.07) is 8.85. The largest absolute Gasteiger partial charge is 0.495 e. The molecule has 0 spiro atoms. The highest BCUT2D eigenvalue weighted by atomic mass is 35.5. The maximum absolute atomic E-state index is 14.3. The van der Waals surface area contributed by atoms with Gasteiger partial charge in [0.05, 0.1) is 18.9 Å². The Labute approximate surface area is 234 Å². The van der Waals surface area contributed by atoms with Crippen LogP contribution in [-0.2, 0) is 9.53 Å². The Morgan fingerprint density at radius 1 is 1.23 bits per heavy atom. The summed E-state index contributed by atoms with van der Waals surface area (Å²) in [5.41, 5.74) is 6.02. The molecule has 0 aliphatic carbocycles. The summed E-state index contributed by atoms with van der Waals surface area (Å²) in [6.07, 6.45) is 2.97. The molecule has 0 bridgehead atoms. The molecule has 210 valence electrons. The van der Waals surface area contributed by atoms with Gasteiger partial charge in [0.2, 0.25) is 5.91 Å². The molecule has 0 aliphatic rings. The first kappa shape index (κ1) is 30.0. The summed E-state index contributed by atoms with van der Waals surface area (Å²) >= 11 is 6.28. The van der Waals surface area contributed by atoms with Crippen molar-refractivity contribution in [2.24, 2.45) is 15.9 Å². The lowest BCUT2D eigenvalue weighted by Gasteiger charge is -2.23. The standard InChI is InChI=1S/C27H28ClFN6O5/c1-31-32-15-34(2)22-8-5-16(28)11-19(22)20-13-25(36)35(14-24(20)40-4)23(9-10-39-3)27(38)33-17-6-7-18(26(30)37)21(29)12-17/h5-8,11-15,23H,1,9-10H2,2-4H3,(H2,30,37)(H,33,38)/b32-15-. The van der Waals surface area contributed by atoms with Gasteiger partial charge in [-0.25, -0.2) is 4.39 Å². The van der Waals surface area contributed by atoms with E-state index >= 15 is 0 Å². The molecule has 1 heterocycles. The SMILES string of the molecule is C=N/N=C\N(C)c1ccc(Cl)cc1-c1cc(=O)n(C(CCOC)C(=O)Nc2ccc(C(N)=O)c(F)c2)cc1OC. The number of nitrogens with one attached hydrogen (secondary N) is 1. The Kier molecular flexibility index (Phi) is 10.1. The number of hydrogen-bond acceptors (Lipinski definition) is 7. The van der Waals surface area contributed by atoms with Crippen LogP contribution in [0.15, 0.2) is 63.7 Å². The Bertz CT molecular complexity index is 1510. The van der Waals surface area contributed by atoms with Gasteiger partial charge in [-0.3, -0.25) is 19.0 Å². The number of nitrogens with two attached hydrogens (primary N) is 1. The average Bonchev–Trinajstić information content (AvgIpc) is 2.92. The Hall–Kier alpha value is -4.55. The smallest absolute Gasteiger partial charge is 0.252 e. The summed E-state index contributed by atoms with van der Waals surface area (Å²) in [7, 11) is 4.62. The summed E-state index contributed by atoms with van der Waals surface area (Å²) < 4.78 is 26.2. The van der Waals surface area contributed by atoms with Gasteiger partial charge in [-0.05, 0) is 36.4 Å². The highest BCUT2D eigenvalue weighted by Crippen LogP contribution is 2.37. The number of methoxy groups -OCH3 is 2. The lowest BCUT2D eigenvalue weighted by atomic mass is 10.0. The molecule has 3 rings (SSSR count). The van der Waals surface area contributed by atoms with E-state index in [1.165, 1.54) is 43.5 Å². The zero-order valence-electron chi connectivity index (χ0n) is 22.1. The zero-order chi connectivity index (χ0) is 29.4. The molecule has 0 aliphatic heterocycles. The van der Waals surface area contributed by atoms with Crippen LogP contribution in [0.3, 0.4) is 0 Å². The number of rotatable bonds is 12. The van der Waals surface area contributed by atoms with Gasteiger partial charge < -0.3 is 25.4 Å². The van der Waals surface area contributed by atoms with E-state index in [0.717, 1.165) is 12.1 Å². The minimum absolute atomic E-state index is 0.0776. The van der Waals surface area contributed by atoms with Crippen LogP contribution in [0.1, 0.15) is 22.8 Å². The number of carbonyl (C=O) groups excluding carboxylic acids is 2. The summed E-state index contributed by atoms with van der Waals surface area (Å²) in [5, 5.41) is 10.3. The topological polar surface area (TPSA) is 141 Å². The van der Waals surface area contributed by atoms with Gasteiger partial charge in [-0.2, -0.15) is 5.10 Å². The first-order chi connectivity index (χ1) is 19.1. The number of primary amides is 1. The number of benzene rings is 2. The number of halogens is 2. The second-order valence-corrected chi connectivity index (χ2v) is 8.93. The predicted octanol–water partition coefficient (Wildman–Crippen LogP) is 3.71. The molecule has 0 saturated heterocycles. The van der Waals surface area contributed by atoms with Crippen molar-refractivity contribution in [3.63, 3.8) is 0 Å². The second-order valence-electron chi connectivity index (χ2n) is 8.49. The lowest BCUT2D eigenvalue weighted by Crippen LogP contribution is -2.34. The van der Waals surface area contributed by atoms with Crippen molar-refractivity contribution in [3.8, 4) is 16.9 Å². The third-order valence-electron chi connectivity index (χ3n) is 5.94. The molecule has 2 amide bonds. The highest BCUT2D eigenvalue weighted by Gasteiger charge is 2.25. The van der Waals surface area contributed by atoms with Crippen molar-refractivity contribution >= 4 is 47.8 Å². The monoisotopic (exact) mass is 570 g/mol. The van der Waals surface area contributed by atoms with Crippen molar-refractivity contribution in [1.82, 2.24) is 4.57 Å². The van der Waals surface area contributed by atoms with Crippen molar-refractivity contribution < 1.29 is 23.5 Å². The molecule has 40 heavy (non-hydrogen) atoms. The van der Waals surface area contributed by atoms with Crippen LogP contribution in [0, 0.1) is 5.82 Å². The summed E-state index contributed by atoms with van der Waals surface area (Å²) in [4.78, 5) is 39.7. The van der Waals surface area contributed by atoms with Crippen LogP contribution in [-0.4, -0.2) is 57.3 Å². The Morgan fingerprint density at radius 2 is 1.98 bits per heavy atom. The molecule has 1 unspecified atom stereocenters. The molecule has 2 aromatic carbocycles. The normalized spacial score (nSPS) is 11.7. The first-order valence-electron chi connectivity index (χ1n) is 11.8. The number of amides is 2. The van der Waals surface area contributed by atoms with E-state index in [1.54, 1.807) is 30.1 Å². The van der Waals surface area contributed by atoms with Crippen molar-refractivity contribution in [2.75, 3.05) is 38.1 Å². The van der Waals surface area contributed by atoms with Crippen LogP contribution < -0.4 is 26.2 Å². The van der Waals surface area contributed by atoms with Crippen molar-refractivity contribution in [2.45, 2.75) is 12.5 Å². The van der Waals surface area contributed by atoms with Crippen molar-refractivity contribution in [1.29, 1.82) is 0 Å². The molecule has 0 radical (unpaired) electrons. The first-order valence-corrected chi connectivity index (χ1v) is 12.2. The fourth-order valence-electron chi connectivity index (χ4n) is 4.00. The van der Waals surface area contributed by atoms with Gasteiger partial charge >= 0.3 is 0 Å². The Morgan fingerprint density at radius 3 is 2.60 bits per heavy atom. The van der Waals surface area contributed by atoms with Crippen LogP contribution in [0.2, 0.25) is 5.02 Å². The van der Waals surface area contributed by atoms with E-state index < -0.39 is 29.2 Å². The van der Waals surface area contributed by atoms with E-state index in [-0.39, 0.29) is 30.0 Å². The number of anilines is 2. The summed E-state index contributed by atoms with van der Waals surface area (Å²) in [5.74, 6) is -2.16. The number of nitrogens with zero attached hydrogens (tertiary/aromatic N) is 4. The van der Waals surface area contributed by atoms with Gasteiger partial charge in [-0.15, -0.1) is 5.10 Å². The summed E-state index contributed by atoms with van der Waals surface area (Å²) in [6.45, 7) is 3.47. The van der Waals surface area contributed by atoms with Gasteiger partial charge in [0, 0.05) is 67.5 Å². The van der Waals surface area contributed by atoms with Crippen LogP contribution >= 0.6 is 11.6 Å². The Balaban J connectivity index is 2.07. The van der Waals surface area contributed by atoms with E-state index in [1.807, 2.05) is 0 Å². The fourth-order valence-corrected chi connectivity index (χ4v) is 4.17. The van der Waals surface area contributed by atoms with E-state index in [0.29, 0.717) is 21.8 Å². The molecule has 13 heteroatoms. The van der Waals surface area contributed by atoms with Gasteiger partial charge in [0.1, 0.15) is 23.9 Å². The second kappa shape index (κ2) is 13.5. The highest BCUT2D eigenvalue weighted by molar-refractivity contribution is 6.31. The molecular weight excluding hydrogens is 543 g/mol. The number of carbonyl (C=O) groups is 2. The fraction of sp³-hybridized carbons (Fsp3) is 0.222. The van der Waals surface area contributed by atoms with Crippen LogP contribution in [0.25, 0.3) is 11.1 Å². The maximum Gasteiger partial charge on any atom is 0.252 e. The maximum atomic E-state index is 14.3. The third kappa shape index (κ3) is 6.90. The molecule has 0 saturated carbocycles. The van der Waals surface area contributed by atoms with Gasteiger partial charge in [-0.1, -0.05) is 11.6 Å². The number of ether oxygens (including phenoxy) is 2. The van der Waals surface area contributed by atoms with Crippen LogP contribution in [0.4, 0.5) is 15.8 Å². The molecule has 1 atom stereocenters. The van der Waals surface area contributed by atoms with E-state index in [2.05, 4.69) is 22.2 Å². The molecule has 11 nitrogen and oxygen atoms in total. The average molecular weight is 571 g/mol. The molecule has 0 fully saturated rings. The number of pyridine rings is 1. The molecule has 1 aromatic heterocycles. The van der Waals surface area contributed by atoms with Crippen LogP contribution in [0.5, 0.6) is 5.75 Å². The van der Waals surface area contributed by atoms with Gasteiger partial charge in [0.25, 0.3) is 11.5 Å². The zero-order valence-corrected chi connectivity index (χ0v) is 22.8. The van der Waals surface area contributed by atoms with Crippen molar-refractivity contribution in [3.05, 3.63) is 75.4 Å². The molecule has 3 aromatic rings. The van der Waals surface area contributed by atoms with E-state index in [9.17, 15) is 18.8 Å². The minimum atomic E-state index is -1.05. The van der Waals surface area contributed by atoms with Gasteiger partial charge in [0.15, 0.2) is 0 Å². The molecule has 3 N–H and O–H groups in total. The minimum Gasteiger partial charge on any atom is -0.495 e. The number of hydrogen-bond donors (Lipinski definition) is 2. The lowest BCUT2D eigenvalue weighted by molar-refractivity contribution is -0.119. The third-order valence-corrected chi connectivity index (χ3v) is 6.17. The quantitative estimate of drug-likeness (QED) is 0.193. The molecular formula is C27H28ClFN6O5.